The monoisotopic (exact) mass is 497 g/mol. The first-order valence-corrected chi connectivity index (χ1v) is 10.2. The molecular formula is C25H18F7NO2. The van der Waals surface area contributed by atoms with Gasteiger partial charge < -0.3 is 10.1 Å². The molecule has 0 saturated carbocycles. The van der Waals surface area contributed by atoms with E-state index in [-0.39, 0.29) is 12.2 Å². The summed E-state index contributed by atoms with van der Waals surface area (Å²) in [6.45, 7) is 1.27. The Balaban J connectivity index is 2.29. The maximum Gasteiger partial charge on any atom is 0.422 e. The number of benzene rings is 3. The number of nitrogens with one attached hydrogen (secondary N) is 1. The van der Waals surface area contributed by atoms with E-state index in [2.05, 4.69) is 5.32 Å². The van der Waals surface area contributed by atoms with Gasteiger partial charge in [0.05, 0.1) is 6.61 Å². The molecule has 1 atom stereocenters. The minimum atomic E-state index is -5.71. The van der Waals surface area contributed by atoms with Crippen LogP contribution in [-0.2, 0) is 21.2 Å². The Morgan fingerprint density at radius 1 is 0.857 bits per heavy atom. The van der Waals surface area contributed by atoms with E-state index in [1.807, 2.05) is 0 Å². The van der Waals surface area contributed by atoms with Gasteiger partial charge in [-0.25, -0.2) is 22.4 Å². The molecule has 0 spiro atoms. The van der Waals surface area contributed by atoms with E-state index < -0.39 is 52.2 Å². The summed E-state index contributed by atoms with van der Waals surface area (Å²) >= 11 is 0. The van der Waals surface area contributed by atoms with Crippen LogP contribution in [0.3, 0.4) is 0 Å². The van der Waals surface area contributed by atoms with Crippen LogP contribution in [0.5, 0.6) is 0 Å². The van der Waals surface area contributed by atoms with Crippen LogP contribution in [0, 0.1) is 23.3 Å². The van der Waals surface area contributed by atoms with Crippen LogP contribution in [0.2, 0.25) is 0 Å². The number of carbonyl (C=O) groups excluding carboxylic acids is 1. The molecule has 184 valence electrons. The molecule has 0 amide bonds. The van der Waals surface area contributed by atoms with E-state index >= 15 is 0 Å². The Bertz CT molecular complexity index is 1200. The number of rotatable bonds is 7. The number of halogens is 7. The van der Waals surface area contributed by atoms with Crippen molar-refractivity contribution >= 4 is 17.7 Å². The number of carbonyl (C=O) groups is 1. The highest BCUT2D eigenvalue weighted by molar-refractivity contribution is 5.90. The predicted octanol–water partition coefficient (Wildman–Crippen LogP) is 6.85. The third kappa shape index (κ3) is 5.16. The fourth-order valence-electron chi connectivity index (χ4n) is 3.37. The maximum atomic E-state index is 14.8. The fourth-order valence-corrected chi connectivity index (χ4v) is 3.37. The minimum Gasteiger partial charge on any atom is -0.464 e. The highest BCUT2D eigenvalue weighted by Crippen LogP contribution is 2.40. The average Bonchev–Trinajstić information content (AvgIpc) is 2.83. The van der Waals surface area contributed by atoms with E-state index in [9.17, 15) is 35.5 Å². The molecule has 0 radical (unpaired) electrons. The number of hydrogen-bond acceptors (Lipinski definition) is 3. The number of ether oxygens (including phenoxy) is 1. The van der Waals surface area contributed by atoms with Crippen LogP contribution < -0.4 is 5.32 Å². The van der Waals surface area contributed by atoms with Gasteiger partial charge in [0.25, 0.3) is 0 Å². The Morgan fingerprint density at radius 3 is 1.86 bits per heavy atom. The predicted molar refractivity (Wildman–Crippen MR) is 115 cm³/mol. The number of anilines is 1. The summed E-state index contributed by atoms with van der Waals surface area (Å²) in [5.74, 6) is -11.1. The van der Waals surface area contributed by atoms with E-state index in [4.69, 9.17) is 4.74 Å². The van der Waals surface area contributed by atoms with E-state index in [1.165, 1.54) is 37.3 Å². The topological polar surface area (TPSA) is 38.3 Å². The van der Waals surface area contributed by atoms with Crippen molar-refractivity contribution in [1.82, 2.24) is 0 Å². The van der Waals surface area contributed by atoms with Crippen molar-refractivity contribution in [2.75, 3.05) is 11.9 Å². The van der Waals surface area contributed by atoms with Gasteiger partial charge in [0.2, 0.25) is 0 Å². The van der Waals surface area contributed by atoms with Crippen LogP contribution in [0.25, 0.3) is 6.08 Å². The molecule has 0 aliphatic carbocycles. The highest BCUT2D eigenvalue weighted by Gasteiger charge is 2.45. The summed E-state index contributed by atoms with van der Waals surface area (Å²) in [6, 6.07) is 15.6. The zero-order valence-corrected chi connectivity index (χ0v) is 18.1. The van der Waals surface area contributed by atoms with Crippen LogP contribution in [0.1, 0.15) is 23.6 Å². The summed E-state index contributed by atoms with van der Waals surface area (Å²) in [7, 11) is 0. The van der Waals surface area contributed by atoms with Gasteiger partial charge in [0.15, 0.2) is 28.8 Å². The normalized spacial score (nSPS) is 13.5. The lowest BCUT2D eigenvalue weighted by Gasteiger charge is -2.32. The van der Waals surface area contributed by atoms with Gasteiger partial charge in [-0.05, 0) is 24.1 Å². The molecule has 0 saturated heterocycles. The number of alkyl halides is 3. The maximum absolute atomic E-state index is 14.8. The molecule has 35 heavy (non-hydrogen) atoms. The molecule has 0 heterocycles. The molecule has 1 N–H and O–H groups in total. The van der Waals surface area contributed by atoms with E-state index in [0.29, 0.717) is 5.56 Å². The minimum absolute atomic E-state index is 0.0325. The van der Waals surface area contributed by atoms with Crippen molar-refractivity contribution in [3.05, 3.63) is 107 Å². The van der Waals surface area contributed by atoms with Gasteiger partial charge in [0, 0.05) is 0 Å². The second kappa shape index (κ2) is 10.2. The molecule has 3 rings (SSSR count). The standard InChI is InChI=1S/C25H18F7NO2/c1-2-35-23(34)24(16-11-7-4-8-12-16,14-13-15-9-5-3-6-10-15)33-22-20(28)18(26)17(25(30,31)32)19(27)21(22)29/h3-14,33H,2H2,1H3/b14-13+/t24-/m1/s1. The molecule has 0 aliphatic heterocycles. The molecular weight excluding hydrogens is 479 g/mol. The molecule has 3 aromatic carbocycles. The largest absolute Gasteiger partial charge is 0.464 e. The fraction of sp³-hybridized carbons (Fsp3) is 0.160. The lowest BCUT2D eigenvalue weighted by molar-refractivity contribution is -0.147. The highest BCUT2D eigenvalue weighted by atomic mass is 19.4. The van der Waals surface area contributed by atoms with Crippen LogP contribution in [-0.4, -0.2) is 12.6 Å². The van der Waals surface area contributed by atoms with Crippen LogP contribution in [0.15, 0.2) is 66.7 Å². The number of hydrogen-bond donors (Lipinski definition) is 1. The number of esters is 1. The van der Waals surface area contributed by atoms with Crippen LogP contribution >= 0.6 is 0 Å². The molecule has 0 fully saturated rings. The first-order chi connectivity index (χ1) is 16.5. The Morgan fingerprint density at radius 2 is 1.37 bits per heavy atom. The lowest BCUT2D eigenvalue weighted by Crippen LogP contribution is -2.44. The van der Waals surface area contributed by atoms with E-state index in [1.54, 1.807) is 36.4 Å². The molecule has 0 bridgehead atoms. The van der Waals surface area contributed by atoms with Crippen molar-refractivity contribution in [2.24, 2.45) is 0 Å². The van der Waals surface area contributed by atoms with Gasteiger partial charge in [-0.15, -0.1) is 0 Å². The van der Waals surface area contributed by atoms with Gasteiger partial charge in [-0.1, -0.05) is 66.7 Å². The van der Waals surface area contributed by atoms with Crippen molar-refractivity contribution in [1.29, 1.82) is 0 Å². The van der Waals surface area contributed by atoms with Crippen LogP contribution in [0.4, 0.5) is 36.4 Å². The van der Waals surface area contributed by atoms with Gasteiger partial charge in [0.1, 0.15) is 11.3 Å². The molecule has 0 aromatic heterocycles. The first-order valence-electron chi connectivity index (χ1n) is 10.2. The Labute approximate surface area is 195 Å². The van der Waals surface area contributed by atoms with Gasteiger partial charge >= 0.3 is 12.1 Å². The zero-order chi connectivity index (χ0) is 25.8. The summed E-state index contributed by atoms with van der Waals surface area (Å²) in [6.07, 6.45) is -3.19. The zero-order valence-electron chi connectivity index (χ0n) is 18.1. The molecule has 0 aliphatic rings. The van der Waals surface area contributed by atoms with Crippen molar-refractivity contribution in [2.45, 2.75) is 18.6 Å². The summed E-state index contributed by atoms with van der Waals surface area (Å²) in [5, 5.41) is 2.10. The molecule has 3 nitrogen and oxygen atoms in total. The Hall–Kier alpha value is -3.82. The first kappa shape index (κ1) is 25.8. The third-order valence-electron chi connectivity index (χ3n) is 5.02. The SMILES string of the molecule is CCOC(=O)[C@](/C=C/c1ccccc1)(Nc1c(F)c(F)c(C(F)(F)F)c(F)c1F)c1ccccc1. The van der Waals surface area contributed by atoms with Crippen molar-refractivity contribution in [3.8, 4) is 0 Å². The van der Waals surface area contributed by atoms with Gasteiger partial charge in [-0.2, -0.15) is 13.2 Å². The van der Waals surface area contributed by atoms with Gasteiger partial charge in [-0.3, -0.25) is 0 Å². The van der Waals surface area contributed by atoms with Crippen molar-refractivity contribution < 1.29 is 40.3 Å². The smallest absolute Gasteiger partial charge is 0.422 e. The lowest BCUT2D eigenvalue weighted by atomic mass is 9.88. The molecule has 3 aromatic rings. The molecule has 10 heteroatoms. The van der Waals surface area contributed by atoms with E-state index in [0.717, 1.165) is 6.08 Å². The quantitative estimate of drug-likeness (QED) is 0.221. The second-order valence-electron chi connectivity index (χ2n) is 7.27. The van der Waals surface area contributed by atoms with Crippen molar-refractivity contribution in [3.63, 3.8) is 0 Å². The summed E-state index contributed by atoms with van der Waals surface area (Å²) in [4.78, 5) is 13.2. The molecule has 0 unspecified atom stereocenters. The second-order valence-corrected chi connectivity index (χ2v) is 7.27. The Kier molecular flexibility index (Phi) is 7.52. The summed E-state index contributed by atoms with van der Waals surface area (Å²) < 4.78 is 102. The average molecular weight is 497 g/mol. The third-order valence-corrected chi connectivity index (χ3v) is 5.02. The summed E-state index contributed by atoms with van der Waals surface area (Å²) in [5.41, 5.74) is -6.05.